The monoisotopic (exact) mass is 194 g/mol. The van der Waals surface area contributed by atoms with Gasteiger partial charge in [-0.05, 0) is 18.8 Å². The Morgan fingerprint density at radius 3 is 3.07 bits per heavy atom. The number of methoxy groups -OCH3 is 1. The normalized spacial score (nSPS) is 16.4. The lowest BCUT2D eigenvalue weighted by atomic mass is 9.85. The summed E-state index contributed by atoms with van der Waals surface area (Å²) in [5, 5.41) is 0. The van der Waals surface area contributed by atoms with Crippen LogP contribution >= 0.6 is 0 Å². The van der Waals surface area contributed by atoms with Crippen LogP contribution in [0.1, 0.15) is 29.9 Å². The summed E-state index contributed by atoms with van der Waals surface area (Å²) in [5.74, 6) is 0.779. The summed E-state index contributed by atoms with van der Waals surface area (Å²) in [6, 6.07) is 0. The Kier molecular flexibility index (Phi) is 2.52. The molecule has 0 saturated heterocycles. The Morgan fingerprint density at radius 1 is 1.71 bits per heavy atom. The van der Waals surface area contributed by atoms with Gasteiger partial charge in [0.1, 0.15) is 0 Å². The predicted molar refractivity (Wildman–Crippen MR) is 50.9 cm³/mol. The standard InChI is InChI=1S/C10H14N2O2/c1-14-10(13)9-11-5-6-12(9)7-8-3-2-4-8/h5-6,8H,2-4,7H2,1H3. The summed E-state index contributed by atoms with van der Waals surface area (Å²) < 4.78 is 6.53. The molecule has 76 valence electrons. The SMILES string of the molecule is COC(=O)c1nccn1CC1CCC1. The number of nitrogens with zero attached hydrogens (tertiary/aromatic N) is 2. The highest BCUT2D eigenvalue weighted by Gasteiger charge is 2.21. The van der Waals surface area contributed by atoms with Gasteiger partial charge in [0.2, 0.25) is 5.82 Å². The van der Waals surface area contributed by atoms with Crippen LogP contribution in [0.25, 0.3) is 0 Å². The maximum atomic E-state index is 11.3. The third kappa shape index (κ3) is 1.64. The van der Waals surface area contributed by atoms with E-state index in [1.807, 2.05) is 10.8 Å². The lowest BCUT2D eigenvalue weighted by Gasteiger charge is -2.25. The highest BCUT2D eigenvalue weighted by Crippen LogP contribution is 2.28. The first kappa shape index (κ1) is 9.24. The van der Waals surface area contributed by atoms with Gasteiger partial charge in [-0.2, -0.15) is 0 Å². The van der Waals surface area contributed by atoms with Gasteiger partial charge in [0.25, 0.3) is 0 Å². The van der Waals surface area contributed by atoms with Crippen LogP contribution in [-0.4, -0.2) is 22.6 Å². The molecule has 1 aromatic rings. The van der Waals surface area contributed by atoms with Gasteiger partial charge in [0.05, 0.1) is 7.11 Å². The molecule has 1 saturated carbocycles. The van der Waals surface area contributed by atoms with Crippen molar-refractivity contribution in [3.63, 3.8) is 0 Å². The molecule has 0 amide bonds. The van der Waals surface area contributed by atoms with Crippen LogP contribution in [-0.2, 0) is 11.3 Å². The molecule has 14 heavy (non-hydrogen) atoms. The first-order valence-electron chi connectivity index (χ1n) is 4.90. The summed E-state index contributed by atoms with van der Waals surface area (Å²) in [6.45, 7) is 0.893. The molecule has 1 fully saturated rings. The number of aromatic nitrogens is 2. The summed E-state index contributed by atoms with van der Waals surface area (Å²) >= 11 is 0. The van der Waals surface area contributed by atoms with E-state index in [1.54, 1.807) is 6.20 Å². The second kappa shape index (κ2) is 3.82. The smallest absolute Gasteiger partial charge is 0.374 e. The fourth-order valence-electron chi connectivity index (χ4n) is 1.69. The third-order valence-corrected chi connectivity index (χ3v) is 2.76. The van der Waals surface area contributed by atoms with Crippen LogP contribution in [0.15, 0.2) is 12.4 Å². The topological polar surface area (TPSA) is 44.1 Å². The number of hydrogen-bond acceptors (Lipinski definition) is 3. The zero-order chi connectivity index (χ0) is 9.97. The van der Waals surface area contributed by atoms with Crippen molar-refractivity contribution >= 4 is 5.97 Å². The first-order chi connectivity index (χ1) is 6.81. The molecule has 0 N–H and O–H groups in total. The molecule has 1 aliphatic rings. The summed E-state index contributed by atoms with van der Waals surface area (Å²) in [7, 11) is 1.38. The highest BCUT2D eigenvalue weighted by molar-refractivity contribution is 5.85. The largest absolute Gasteiger partial charge is 0.463 e. The quantitative estimate of drug-likeness (QED) is 0.684. The number of rotatable bonds is 3. The average molecular weight is 194 g/mol. The second-order valence-corrected chi connectivity index (χ2v) is 3.69. The Labute approximate surface area is 82.9 Å². The van der Waals surface area contributed by atoms with Gasteiger partial charge in [0, 0.05) is 18.9 Å². The van der Waals surface area contributed by atoms with Crippen LogP contribution in [0.3, 0.4) is 0 Å². The van der Waals surface area contributed by atoms with E-state index in [9.17, 15) is 4.79 Å². The minimum Gasteiger partial charge on any atom is -0.463 e. The number of carbonyl (C=O) groups excluding carboxylic acids is 1. The molecule has 0 unspecified atom stereocenters. The van der Waals surface area contributed by atoms with E-state index in [0.29, 0.717) is 11.7 Å². The molecular weight excluding hydrogens is 180 g/mol. The van der Waals surface area contributed by atoms with Gasteiger partial charge < -0.3 is 9.30 Å². The fraction of sp³-hybridized carbons (Fsp3) is 0.600. The minimum atomic E-state index is -0.352. The van der Waals surface area contributed by atoms with E-state index >= 15 is 0 Å². The number of carbonyl (C=O) groups is 1. The van der Waals surface area contributed by atoms with E-state index in [2.05, 4.69) is 9.72 Å². The summed E-state index contributed by atoms with van der Waals surface area (Å²) in [6.07, 6.45) is 7.32. The van der Waals surface area contributed by atoms with Crippen molar-refractivity contribution in [2.24, 2.45) is 5.92 Å². The van der Waals surface area contributed by atoms with Gasteiger partial charge >= 0.3 is 5.97 Å². The van der Waals surface area contributed by atoms with Crippen LogP contribution in [0.4, 0.5) is 0 Å². The van der Waals surface area contributed by atoms with Gasteiger partial charge in [-0.3, -0.25) is 0 Å². The van der Waals surface area contributed by atoms with Crippen LogP contribution < -0.4 is 0 Å². The second-order valence-electron chi connectivity index (χ2n) is 3.69. The number of ether oxygens (including phenoxy) is 1. The van der Waals surface area contributed by atoms with Crippen LogP contribution in [0, 0.1) is 5.92 Å². The molecule has 4 heteroatoms. The lowest BCUT2D eigenvalue weighted by Crippen LogP contribution is -2.21. The summed E-state index contributed by atoms with van der Waals surface area (Å²) in [5.41, 5.74) is 0. The van der Waals surface area contributed by atoms with Gasteiger partial charge in [-0.1, -0.05) is 6.42 Å². The van der Waals surface area contributed by atoms with Crippen LogP contribution in [0.5, 0.6) is 0 Å². The Bertz CT molecular complexity index is 329. The highest BCUT2D eigenvalue weighted by atomic mass is 16.5. The van der Waals surface area contributed by atoms with E-state index in [4.69, 9.17) is 0 Å². The van der Waals surface area contributed by atoms with E-state index in [0.717, 1.165) is 6.54 Å². The van der Waals surface area contributed by atoms with Gasteiger partial charge in [-0.15, -0.1) is 0 Å². The number of esters is 1. The number of imidazole rings is 1. The van der Waals surface area contributed by atoms with E-state index in [1.165, 1.54) is 26.4 Å². The zero-order valence-corrected chi connectivity index (χ0v) is 8.27. The van der Waals surface area contributed by atoms with Crippen molar-refractivity contribution < 1.29 is 9.53 Å². The Morgan fingerprint density at radius 2 is 2.50 bits per heavy atom. The predicted octanol–water partition coefficient (Wildman–Crippen LogP) is 1.47. The molecule has 0 spiro atoms. The maximum Gasteiger partial charge on any atom is 0.374 e. The molecule has 0 aliphatic heterocycles. The maximum absolute atomic E-state index is 11.3. The van der Waals surface area contributed by atoms with Gasteiger partial charge in [0.15, 0.2) is 0 Å². The Balaban J connectivity index is 2.08. The van der Waals surface area contributed by atoms with Crippen molar-refractivity contribution in [1.82, 2.24) is 9.55 Å². The zero-order valence-electron chi connectivity index (χ0n) is 8.27. The molecule has 2 rings (SSSR count). The molecule has 1 aromatic heterocycles. The molecule has 0 aromatic carbocycles. The van der Waals surface area contributed by atoms with Crippen LogP contribution in [0.2, 0.25) is 0 Å². The molecule has 0 atom stereocenters. The van der Waals surface area contributed by atoms with Crippen molar-refractivity contribution in [3.05, 3.63) is 18.2 Å². The lowest BCUT2D eigenvalue weighted by molar-refractivity contribution is 0.0578. The van der Waals surface area contributed by atoms with E-state index < -0.39 is 0 Å². The third-order valence-electron chi connectivity index (χ3n) is 2.76. The van der Waals surface area contributed by atoms with Gasteiger partial charge in [-0.25, -0.2) is 9.78 Å². The van der Waals surface area contributed by atoms with E-state index in [-0.39, 0.29) is 5.97 Å². The first-order valence-corrected chi connectivity index (χ1v) is 4.90. The Hall–Kier alpha value is -1.32. The average Bonchev–Trinajstić information content (AvgIpc) is 2.58. The molecular formula is C10H14N2O2. The molecule has 0 radical (unpaired) electrons. The molecule has 4 nitrogen and oxygen atoms in total. The van der Waals surface area contributed by atoms with Crippen molar-refractivity contribution in [3.8, 4) is 0 Å². The molecule has 1 aliphatic carbocycles. The molecule has 1 heterocycles. The van der Waals surface area contributed by atoms with Crippen molar-refractivity contribution in [2.75, 3.05) is 7.11 Å². The fourth-order valence-corrected chi connectivity index (χ4v) is 1.69. The summed E-state index contributed by atoms with van der Waals surface area (Å²) in [4.78, 5) is 15.3. The van der Waals surface area contributed by atoms with Crippen molar-refractivity contribution in [1.29, 1.82) is 0 Å². The number of hydrogen-bond donors (Lipinski definition) is 0. The molecule has 0 bridgehead atoms. The van der Waals surface area contributed by atoms with Crippen molar-refractivity contribution in [2.45, 2.75) is 25.8 Å². The minimum absolute atomic E-state index is 0.352.